The van der Waals surface area contributed by atoms with Crippen molar-refractivity contribution >= 4 is 5.97 Å². The van der Waals surface area contributed by atoms with Gasteiger partial charge in [0.2, 0.25) is 0 Å². The second-order valence-electron chi connectivity index (χ2n) is 16.2. The van der Waals surface area contributed by atoms with Crippen molar-refractivity contribution in [1.82, 2.24) is 0 Å². The number of carbonyl (C=O) groups is 1. The molecule has 0 aliphatic heterocycles. The second-order valence-corrected chi connectivity index (χ2v) is 16.2. The number of aliphatic hydroxyl groups is 3. The molecule has 4 aliphatic carbocycles. The summed E-state index contributed by atoms with van der Waals surface area (Å²) in [6.07, 6.45) is 22.3. The second kappa shape index (κ2) is 16.3. The minimum absolute atomic E-state index is 0.0694. The van der Waals surface area contributed by atoms with E-state index in [0.29, 0.717) is 42.6 Å². The Kier molecular flexibility index (Phi) is 13.3. The molecule has 0 spiro atoms. The molecule has 43 heavy (non-hydrogen) atoms. The predicted molar refractivity (Wildman–Crippen MR) is 174 cm³/mol. The first-order valence-electron chi connectivity index (χ1n) is 18.8. The SMILES string of the molecule is CCCCCCCCCCCCCCOC(=O)CCC(C)C1CCC2C3C(O)CC4CC(O)CCC4(C)C3CC(O)C12C. The van der Waals surface area contributed by atoms with Crippen molar-refractivity contribution in [2.75, 3.05) is 6.61 Å². The van der Waals surface area contributed by atoms with Crippen molar-refractivity contribution in [3.63, 3.8) is 0 Å². The van der Waals surface area contributed by atoms with Gasteiger partial charge in [0.05, 0.1) is 24.9 Å². The first-order valence-corrected chi connectivity index (χ1v) is 18.8. The van der Waals surface area contributed by atoms with Crippen LogP contribution in [-0.4, -0.2) is 46.2 Å². The summed E-state index contributed by atoms with van der Waals surface area (Å²) in [5.74, 6) is 1.87. The number of hydrogen-bond donors (Lipinski definition) is 3. The standard InChI is InChI=1S/C38H68O5/c1-5-6-7-8-9-10-11-12-13-14-15-16-23-43-35(42)20-17-27(2)30-18-19-31-36-32(26-34(41)38(30,31)4)37(3)22-21-29(39)24-28(37)25-33(36)40/h27-34,36,39-41H,5-26H2,1-4H3. The molecule has 4 aliphatic rings. The van der Waals surface area contributed by atoms with E-state index in [2.05, 4.69) is 27.7 Å². The van der Waals surface area contributed by atoms with Gasteiger partial charge in [-0.15, -0.1) is 0 Å². The van der Waals surface area contributed by atoms with Crippen LogP contribution in [0.3, 0.4) is 0 Å². The number of aliphatic hydroxyl groups excluding tert-OH is 3. The third kappa shape index (κ3) is 8.20. The lowest BCUT2D eigenvalue weighted by molar-refractivity contribution is -0.207. The normalized spacial score (nSPS) is 39.5. The summed E-state index contributed by atoms with van der Waals surface area (Å²) in [7, 11) is 0. The van der Waals surface area contributed by atoms with Crippen LogP contribution in [0.2, 0.25) is 0 Å². The first kappa shape index (κ1) is 35.2. The summed E-state index contributed by atoms with van der Waals surface area (Å²) >= 11 is 0. The number of rotatable bonds is 17. The highest BCUT2D eigenvalue weighted by molar-refractivity contribution is 5.69. The third-order valence-electron chi connectivity index (χ3n) is 13.6. The maximum atomic E-state index is 12.6. The van der Waals surface area contributed by atoms with E-state index in [0.717, 1.165) is 64.2 Å². The lowest BCUT2D eigenvalue weighted by Crippen LogP contribution is -2.62. The van der Waals surface area contributed by atoms with Crippen LogP contribution in [0, 0.1) is 46.3 Å². The molecule has 250 valence electrons. The summed E-state index contributed by atoms with van der Waals surface area (Å²) in [6, 6.07) is 0. The first-order chi connectivity index (χ1) is 20.6. The number of esters is 1. The molecule has 0 bridgehead atoms. The molecule has 3 N–H and O–H groups in total. The van der Waals surface area contributed by atoms with Crippen molar-refractivity contribution in [2.45, 2.75) is 181 Å². The van der Waals surface area contributed by atoms with Crippen molar-refractivity contribution in [3.8, 4) is 0 Å². The van der Waals surface area contributed by atoms with Crippen molar-refractivity contribution in [3.05, 3.63) is 0 Å². The molecule has 0 aromatic carbocycles. The zero-order valence-corrected chi connectivity index (χ0v) is 28.4. The predicted octanol–water partition coefficient (Wildman–Crippen LogP) is 8.61. The van der Waals surface area contributed by atoms with Gasteiger partial charge in [-0.25, -0.2) is 0 Å². The largest absolute Gasteiger partial charge is 0.466 e. The molecule has 5 heteroatoms. The highest BCUT2D eigenvalue weighted by Crippen LogP contribution is 2.68. The van der Waals surface area contributed by atoms with Gasteiger partial charge >= 0.3 is 5.97 Å². The lowest BCUT2D eigenvalue weighted by atomic mass is 9.43. The average molecular weight is 605 g/mol. The number of fused-ring (bicyclic) bond motifs is 5. The van der Waals surface area contributed by atoms with Gasteiger partial charge in [-0.1, -0.05) is 98.3 Å². The average Bonchev–Trinajstić information content (AvgIpc) is 3.34. The third-order valence-corrected chi connectivity index (χ3v) is 13.6. The number of unbranched alkanes of at least 4 members (excludes halogenated alkanes) is 11. The monoisotopic (exact) mass is 605 g/mol. The van der Waals surface area contributed by atoms with Crippen LogP contribution in [0.5, 0.6) is 0 Å². The molecule has 11 unspecified atom stereocenters. The molecule has 4 rings (SSSR count). The van der Waals surface area contributed by atoms with Gasteiger partial charge in [-0.05, 0) is 104 Å². The van der Waals surface area contributed by atoms with Crippen molar-refractivity contribution in [2.24, 2.45) is 46.3 Å². The van der Waals surface area contributed by atoms with Crippen LogP contribution in [0.1, 0.15) is 163 Å². The Hall–Kier alpha value is -0.650. The van der Waals surface area contributed by atoms with E-state index >= 15 is 0 Å². The van der Waals surface area contributed by atoms with Gasteiger partial charge in [-0.3, -0.25) is 4.79 Å². The minimum atomic E-state index is -0.374. The van der Waals surface area contributed by atoms with E-state index in [1.165, 1.54) is 64.2 Å². The summed E-state index contributed by atoms with van der Waals surface area (Å²) in [6.45, 7) is 9.77. The van der Waals surface area contributed by atoms with Crippen LogP contribution in [-0.2, 0) is 9.53 Å². The molecular formula is C38H68O5. The van der Waals surface area contributed by atoms with Crippen LogP contribution in [0.4, 0.5) is 0 Å². The number of hydrogen-bond acceptors (Lipinski definition) is 5. The molecule has 0 heterocycles. The van der Waals surface area contributed by atoms with Gasteiger partial charge in [0.25, 0.3) is 0 Å². The Morgan fingerprint density at radius 3 is 2.09 bits per heavy atom. The van der Waals surface area contributed by atoms with Gasteiger partial charge in [0.15, 0.2) is 0 Å². The summed E-state index contributed by atoms with van der Waals surface area (Å²) in [5, 5.41) is 33.6. The topological polar surface area (TPSA) is 87.0 Å². The summed E-state index contributed by atoms with van der Waals surface area (Å²) < 4.78 is 5.61. The Morgan fingerprint density at radius 1 is 0.814 bits per heavy atom. The van der Waals surface area contributed by atoms with E-state index in [4.69, 9.17) is 4.74 Å². The van der Waals surface area contributed by atoms with Crippen LogP contribution in [0.15, 0.2) is 0 Å². The van der Waals surface area contributed by atoms with Gasteiger partial charge < -0.3 is 20.1 Å². The van der Waals surface area contributed by atoms with Gasteiger partial charge in [0.1, 0.15) is 0 Å². The van der Waals surface area contributed by atoms with Gasteiger partial charge in [0, 0.05) is 6.42 Å². The quantitative estimate of drug-likeness (QED) is 0.114. The minimum Gasteiger partial charge on any atom is -0.466 e. The fourth-order valence-electron chi connectivity index (χ4n) is 10.9. The Balaban J connectivity index is 1.15. The summed E-state index contributed by atoms with van der Waals surface area (Å²) in [4.78, 5) is 12.6. The number of ether oxygens (including phenoxy) is 1. The maximum absolute atomic E-state index is 12.6. The fourth-order valence-corrected chi connectivity index (χ4v) is 10.9. The number of carbonyl (C=O) groups excluding carboxylic acids is 1. The van der Waals surface area contributed by atoms with Crippen molar-refractivity contribution in [1.29, 1.82) is 0 Å². The molecular weight excluding hydrogens is 536 g/mol. The Labute approximate surface area is 264 Å². The summed E-state index contributed by atoms with van der Waals surface area (Å²) in [5.41, 5.74) is -0.107. The molecule has 4 fully saturated rings. The van der Waals surface area contributed by atoms with E-state index in [-0.39, 0.29) is 41.0 Å². The Bertz CT molecular complexity index is 846. The molecule has 11 atom stereocenters. The smallest absolute Gasteiger partial charge is 0.305 e. The fraction of sp³-hybridized carbons (Fsp3) is 0.974. The molecule has 0 saturated heterocycles. The van der Waals surface area contributed by atoms with Crippen LogP contribution in [0.25, 0.3) is 0 Å². The maximum Gasteiger partial charge on any atom is 0.305 e. The molecule has 0 aromatic heterocycles. The van der Waals surface area contributed by atoms with E-state index in [9.17, 15) is 20.1 Å². The van der Waals surface area contributed by atoms with Crippen LogP contribution >= 0.6 is 0 Å². The zero-order chi connectivity index (χ0) is 31.0. The van der Waals surface area contributed by atoms with Gasteiger partial charge in [-0.2, -0.15) is 0 Å². The molecule has 0 aromatic rings. The van der Waals surface area contributed by atoms with Crippen LogP contribution < -0.4 is 0 Å². The molecule has 5 nitrogen and oxygen atoms in total. The molecule has 0 radical (unpaired) electrons. The van der Waals surface area contributed by atoms with E-state index < -0.39 is 0 Å². The molecule has 4 saturated carbocycles. The van der Waals surface area contributed by atoms with E-state index in [1.54, 1.807) is 0 Å². The van der Waals surface area contributed by atoms with E-state index in [1.807, 2.05) is 0 Å². The highest BCUT2D eigenvalue weighted by atomic mass is 16.5. The van der Waals surface area contributed by atoms with Crippen molar-refractivity contribution < 1.29 is 24.9 Å². The highest BCUT2D eigenvalue weighted by Gasteiger charge is 2.65. The Morgan fingerprint density at radius 2 is 1.44 bits per heavy atom. The molecule has 0 amide bonds. The zero-order valence-electron chi connectivity index (χ0n) is 28.4. The lowest BCUT2D eigenvalue weighted by Gasteiger charge is -2.63.